The van der Waals surface area contributed by atoms with Crippen molar-refractivity contribution in [3.8, 4) is 0 Å². The number of aryl methyl sites for hydroxylation is 4. The lowest BCUT2D eigenvalue weighted by atomic mass is 10.1. The van der Waals surface area contributed by atoms with Crippen LogP contribution in [0.15, 0.2) is 6.20 Å². The number of aromatic nitrogens is 3. The van der Waals surface area contributed by atoms with Gasteiger partial charge in [0.1, 0.15) is 5.01 Å². The number of nitrogens with zero attached hydrogens (tertiary/aromatic N) is 3. The maximum Gasteiger partial charge on any atom is 0.115 e. The number of thiazole rings is 1. The maximum absolute atomic E-state index is 4.81. The Bertz CT molecular complexity index is 548. The number of rotatable bonds is 3. The minimum absolute atomic E-state index is 0.175. The number of hydrogen-bond donors (Lipinski definition) is 1. The van der Waals surface area contributed by atoms with Crippen LogP contribution in [0.1, 0.15) is 39.3 Å². The molecule has 96 valence electrons. The SMILES string of the molecule is CNC(c1nc2c(s1)CCC2)c1cn(C)nc1C. The molecule has 1 aliphatic rings. The molecule has 4 nitrogen and oxygen atoms in total. The van der Waals surface area contributed by atoms with Gasteiger partial charge in [0.2, 0.25) is 0 Å². The van der Waals surface area contributed by atoms with E-state index in [4.69, 9.17) is 4.98 Å². The largest absolute Gasteiger partial charge is 0.307 e. The molecule has 0 bridgehead atoms. The number of fused-ring (bicyclic) bond motifs is 1. The van der Waals surface area contributed by atoms with Gasteiger partial charge in [0.15, 0.2) is 0 Å². The molecule has 5 heteroatoms. The first-order chi connectivity index (χ1) is 8.69. The van der Waals surface area contributed by atoms with Crippen LogP contribution in [0.4, 0.5) is 0 Å². The quantitative estimate of drug-likeness (QED) is 0.920. The monoisotopic (exact) mass is 262 g/mol. The molecule has 0 saturated carbocycles. The fraction of sp³-hybridized carbons (Fsp3) is 0.538. The van der Waals surface area contributed by atoms with E-state index < -0.39 is 0 Å². The molecular weight excluding hydrogens is 244 g/mol. The van der Waals surface area contributed by atoms with Crippen LogP contribution in [0, 0.1) is 6.92 Å². The average Bonchev–Trinajstić information content (AvgIpc) is 2.95. The summed E-state index contributed by atoms with van der Waals surface area (Å²) in [6, 6.07) is 0.175. The summed E-state index contributed by atoms with van der Waals surface area (Å²) < 4.78 is 1.87. The van der Waals surface area contributed by atoms with Crippen molar-refractivity contribution in [2.24, 2.45) is 7.05 Å². The van der Waals surface area contributed by atoms with Crippen molar-refractivity contribution in [1.82, 2.24) is 20.1 Å². The molecule has 0 spiro atoms. The molecular formula is C13H18N4S. The van der Waals surface area contributed by atoms with Gasteiger partial charge in [-0.05, 0) is 33.2 Å². The van der Waals surface area contributed by atoms with Gasteiger partial charge in [0, 0.05) is 23.7 Å². The molecule has 1 N–H and O–H groups in total. The van der Waals surface area contributed by atoms with Gasteiger partial charge < -0.3 is 5.32 Å². The Morgan fingerprint density at radius 1 is 1.44 bits per heavy atom. The van der Waals surface area contributed by atoms with Crippen molar-refractivity contribution < 1.29 is 0 Å². The van der Waals surface area contributed by atoms with E-state index in [0.29, 0.717) is 0 Å². The predicted molar refractivity (Wildman–Crippen MR) is 73.0 cm³/mol. The van der Waals surface area contributed by atoms with Crippen molar-refractivity contribution >= 4 is 11.3 Å². The van der Waals surface area contributed by atoms with Crippen LogP contribution in [0.5, 0.6) is 0 Å². The van der Waals surface area contributed by atoms with Crippen molar-refractivity contribution in [3.05, 3.63) is 33.0 Å². The Morgan fingerprint density at radius 2 is 2.28 bits per heavy atom. The highest BCUT2D eigenvalue weighted by Crippen LogP contribution is 2.33. The lowest BCUT2D eigenvalue weighted by molar-refractivity contribution is 0.678. The number of nitrogens with one attached hydrogen (secondary N) is 1. The van der Waals surface area contributed by atoms with Gasteiger partial charge >= 0.3 is 0 Å². The van der Waals surface area contributed by atoms with E-state index in [0.717, 1.165) is 12.1 Å². The molecule has 1 aliphatic carbocycles. The summed E-state index contributed by atoms with van der Waals surface area (Å²) in [6.07, 6.45) is 5.71. The lowest BCUT2D eigenvalue weighted by Gasteiger charge is -2.12. The third-order valence-corrected chi connectivity index (χ3v) is 4.73. The standard InChI is InChI=1S/C13H18N4S/c1-8-9(7-17(3)16-8)12(14-2)13-15-10-5-4-6-11(10)18-13/h7,12,14H,4-6H2,1-3H3. The number of hydrogen-bond acceptors (Lipinski definition) is 4. The topological polar surface area (TPSA) is 42.7 Å². The van der Waals surface area contributed by atoms with E-state index in [1.807, 2.05) is 30.1 Å². The first-order valence-electron chi connectivity index (χ1n) is 6.35. The Labute approximate surface area is 111 Å². The minimum atomic E-state index is 0.175. The van der Waals surface area contributed by atoms with Gasteiger partial charge in [-0.15, -0.1) is 11.3 Å². The Balaban J connectivity index is 1.99. The van der Waals surface area contributed by atoms with Crippen LogP contribution in [0.2, 0.25) is 0 Å². The van der Waals surface area contributed by atoms with E-state index in [9.17, 15) is 0 Å². The fourth-order valence-corrected chi connectivity index (χ4v) is 3.93. The van der Waals surface area contributed by atoms with Gasteiger partial charge in [-0.2, -0.15) is 5.10 Å². The summed E-state index contributed by atoms with van der Waals surface area (Å²) in [5, 5.41) is 8.97. The van der Waals surface area contributed by atoms with E-state index in [2.05, 4.69) is 23.5 Å². The fourth-order valence-electron chi connectivity index (χ4n) is 2.65. The van der Waals surface area contributed by atoms with Crippen LogP contribution < -0.4 is 5.32 Å². The summed E-state index contributed by atoms with van der Waals surface area (Å²) in [6.45, 7) is 2.06. The van der Waals surface area contributed by atoms with E-state index >= 15 is 0 Å². The highest BCUT2D eigenvalue weighted by molar-refractivity contribution is 7.11. The summed E-state index contributed by atoms with van der Waals surface area (Å²) in [4.78, 5) is 6.29. The zero-order valence-electron chi connectivity index (χ0n) is 11.0. The van der Waals surface area contributed by atoms with Crippen molar-refractivity contribution in [3.63, 3.8) is 0 Å². The summed E-state index contributed by atoms with van der Waals surface area (Å²) in [7, 11) is 3.95. The van der Waals surface area contributed by atoms with E-state index in [1.54, 1.807) is 0 Å². The van der Waals surface area contributed by atoms with Gasteiger partial charge in [0.05, 0.1) is 17.4 Å². The molecule has 1 unspecified atom stereocenters. The molecule has 0 fully saturated rings. The van der Waals surface area contributed by atoms with E-state index in [-0.39, 0.29) is 6.04 Å². The smallest absolute Gasteiger partial charge is 0.115 e. The molecule has 2 aromatic heterocycles. The molecule has 0 radical (unpaired) electrons. The van der Waals surface area contributed by atoms with Gasteiger partial charge in [0.25, 0.3) is 0 Å². The van der Waals surface area contributed by atoms with Gasteiger partial charge in [-0.25, -0.2) is 4.98 Å². The minimum Gasteiger partial charge on any atom is -0.307 e. The molecule has 0 aliphatic heterocycles. The molecule has 3 rings (SSSR count). The normalized spacial score (nSPS) is 15.9. The van der Waals surface area contributed by atoms with Crippen LogP contribution >= 0.6 is 11.3 Å². The average molecular weight is 262 g/mol. The van der Waals surface area contributed by atoms with Gasteiger partial charge in [-0.1, -0.05) is 0 Å². The second-order valence-electron chi connectivity index (χ2n) is 4.84. The Morgan fingerprint density at radius 3 is 2.89 bits per heavy atom. The summed E-state index contributed by atoms with van der Waals surface area (Å²) in [5.74, 6) is 0. The van der Waals surface area contributed by atoms with Crippen LogP contribution in [-0.2, 0) is 19.9 Å². The van der Waals surface area contributed by atoms with E-state index in [1.165, 1.54) is 34.0 Å². The van der Waals surface area contributed by atoms with Crippen molar-refractivity contribution in [1.29, 1.82) is 0 Å². The van der Waals surface area contributed by atoms with Crippen LogP contribution in [0.25, 0.3) is 0 Å². The third kappa shape index (κ3) is 1.87. The molecule has 2 heterocycles. The van der Waals surface area contributed by atoms with Crippen LogP contribution in [0.3, 0.4) is 0 Å². The highest BCUT2D eigenvalue weighted by Gasteiger charge is 2.24. The first kappa shape index (κ1) is 11.9. The Hall–Kier alpha value is -1.20. The third-order valence-electron chi connectivity index (χ3n) is 3.51. The maximum atomic E-state index is 4.81. The summed E-state index contributed by atoms with van der Waals surface area (Å²) >= 11 is 1.86. The molecule has 18 heavy (non-hydrogen) atoms. The van der Waals surface area contributed by atoms with Crippen LogP contribution in [-0.4, -0.2) is 21.8 Å². The lowest BCUT2D eigenvalue weighted by Crippen LogP contribution is -2.18. The summed E-state index contributed by atoms with van der Waals surface area (Å²) in [5.41, 5.74) is 3.62. The second-order valence-corrected chi connectivity index (χ2v) is 5.96. The second kappa shape index (κ2) is 4.48. The molecule has 2 aromatic rings. The van der Waals surface area contributed by atoms with Gasteiger partial charge in [-0.3, -0.25) is 4.68 Å². The molecule has 1 atom stereocenters. The van der Waals surface area contributed by atoms with Crippen molar-refractivity contribution in [2.75, 3.05) is 7.05 Å². The molecule has 0 saturated heterocycles. The molecule has 0 amide bonds. The Kier molecular flexibility index (Phi) is 2.95. The zero-order chi connectivity index (χ0) is 12.7. The first-order valence-corrected chi connectivity index (χ1v) is 7.16. The van der Waals surface area contributed by atoms with Crippen molar-refractivity contribution in [2.45, 2.75) is 32.2 Å². The molecule has 0 aromatic carbocycles. The zero-order valence-corrected chi connectivity index (χ0v) is 11.8. The highest BCUT2D eigenvalue weighted by atomic mass is 32.1. The predicted octanol–water partition coefficient (Wildman–Crippen LogP) is 1.98.